The zero-order chi connectivity index (χ0) is 12.4. The monoisotopic (exact) mass is 514 g/mol. The molecule has 0 aromatic heterocycles. The van der Waals surface area contributed by atoms with Crippen molar-refractivity contribution >= 4 is 67.1 Å². The molecule has 0 aliphatic rings. The molecule has 0 heterocycles. The minimum Gasteiger partial charge on any atom is -0.460 e. The summed E-state index contributed by atoms with van der Waals surface area (Å²) in [5, 5.41) is 0. The molecule has 0 spiro atoms. The Morgan fingerprint density at radius 2 is 1.81 bits per heavy atom. The Balaban J connectivity index is 3.49. The van der Waals surface area contributed by atoms with Gasteiger partial charge in [-0.2, -0.15) is 0 Å². The van der Waals surface area contributed by atoms with E-state index in [0.717, 1.165) is 18.9 Å². The predicted molar refractivity (Wildman–Crippen MR) is 88.3 cm³/mol. The topological polar surface area (TPSA) is 26.3 Å². The van der Waals surface area contributed by atoms with Gasteiger partial charge in [0.2, 0.25) is 0 Å². The van der Waals surface area contributed by atoms with Crippen molar-refractivity contribution in [1.82, 2.24) is 0 Å². The summed E-state index contributed by atoms with van der Waals surface area (Å²) in [5.74, 6) is -0.0872. The van der Waals surface area contributed by atoms with E-state index < -0.39 is 0 Å². The first kappa shape index (κ1) is 17.2. The van der Waals surface area contributed by atoms with Crippen molar-refractivity contribution < 1.29 is 9.53 Å². The van der Waals surface area contributed by atoms with E-state index >= 15 is 0 Å². The van der Waals surface area contributed by atoms with Crippen LogP contribution in [0.15, 0.2) is 6.07 Å². The van der Waals surface area contributed by atoms with Crippen molar-refractivity contribution in [2.24, 2.45) is 0 Å². The number of esters is 1. The van der Waals surface area contributed by atoms with E-state index in [1.165, 1.54) is 19.3 Å². The number of rotatable bonds is 8. The van der Waals surface area contributed by atoms with Crippen LogP contribution in [0.2, 0.25) is 0 Å². The van der Waals surface area contributed by atoms with Gasteiger partial charge in [-0.1, -0.05) is 32.6 Å². The predicted octanol–water partition coefficient (Wildman–Crippen LogP) is 5.32. The lowest BCUT2D eigenvalue weighted by Crippen LogP contribution is -2.05. The smallest absolute Gasteiger partial charge is 0.306 e. The molecule has 5 heteroatoms. The highest BCUT2D eigenvalue weighted by molar-refractivity contribution is 14.1. The van der Waals surface area contributed by atoms with Crippen LogP contribution in [0.3, 0.4) is 0 Å². The maximum atomic E-state index is 11.3. The average molecular weight is 515 g/mol. The van der Waals surface area contributed by atoms with E-state index in [4.69, 9.17) is 4.74 Å². The van der Waals surface area contributed by atoms with Gasteiger partial charge in [-0.15, -0.1) is 0 Å². The average Bonchev–Trinajstić information content (AvgIpc) is 2.25. The highest BCUT2D eigenvalue weighted by Gasteiger charge is 2.04. The van der Waals surface area contributed by atoms with Gasteiger partial charge in [0, 0.05) is 10.0 Å². The van der Waals surface area contributed by atoms with Crippen molar-refractivity contribution in [2.45, 2.75) is 45.4 Å². The lowest BCUT2D eigenvalue weighted by Gasteiger charge is -2.04. The van der Waals surface area contributed by atoms with Gasteiger partial charge in [-0.05, 0) is 67.5 Å². The molecule has 0 radical (unpaired) electrons. The van der Waals surface area contributed by atoms with Gasteiger partial charge in [-0.25, -0.2) is 0 Å². The van der Waals surface area contributed by atoms with Crippen LogP contribution in [0, 0.1) is 0 Å². The molecule has 0 N–H and O–H groups in total. The highest BCUT2D eigenvalue weighted by atomic mass is 127. The first-order valence-electron chi connectivity index (χ1n) is 5.43. The molecule has 2 nitrogen and oxygen atoms in total. The van der Waals surface area contributed by atoms with Crippen LogP contribution in [0.5, 0.6) is 0 Å². The van der Waals surface area contributed by atoms with E-state index in [1.54, 1.807) is 0 Å². The van der Waals surface area contributed by atoms with Crippen LogP contribution >= 0.6 is 61.1 Å². The molecule has 0 rings (SSSR count). The fourth-order valence-electron chi connectivity index (χ4n) is 1.14. The third-order valence-corrected chi connectivity index (χ3v) is 5.80. The molecule has 0 bridgehead atoms. The molecule has 0 aromatic carbocycles. The second-order valence-electron chi connectivity index (χ2n) is 3.49. The van der Waals surface area contributed by atoms with E-state index in [9.17, 15) is 4.79 Å². The Morgan fingerprint density at radius 1 is 1.19 bits per heavy atom. The van der Waals surface area contributed by atoms with Gasteiger partial charge >= 0.3 is 5.97 Å². The third kappa shape index (κ3) is 10.3. The standard InChI is InChI=1S/C11H17BrI2O2/c1-2-3-4-5-6-7-10(15)16-8-9(13)11(12)14/h2-8H2,1H3/b11-9-. The Bertz CT molecular complexity index is 238. The van der Waals surface area contributed by atoms with Gasteiger partial charge in [0.1, 0.15) is 6.61 Å². The molecule has 0 saturated carbocycles. The molecule has 0 atom stereocenters. The maximum Gasteiger partial charge on any atom is 0.306 e. The van der Waals surface area contributed by atoms with Gasteiger partial charge in [-0.3, -0.25) is 4.79 Å². The maximum absolute atomic E-state index is 11.3. The summed E-state index contributed by atoms with van der Waals surface area (Å²) in [7, 11) is 0. The zero-order valence-corrected chi connectivity index (χ0v) is 15.3. The second-order valence-corrected chi connectivity index (χ2v) is 8.15. The molecule has 0 aliphatic carbocycles. The Hall–Kier alpha value is 1.15. The Morgan fingerprint density at radius 3 is 2.38 bits per heavy atom. The quantitative estimate of drug-likeness (QED) is 0.249. The van der Waals surface area contributed by atoms with Crippen LogP contribution in [-0.2, 0) is 9.53 Å². The van der Waals surface area contributed by atoms with Crippen LogP contribution in [0.25, 0.3) is 0 Å². The fourth-order valence-corrected chi connectivity index (χ4v) is 1.57. The number of unbranched alkanes of at least 4 members (excludes halogenated alkanes) is 4. The van der Waals surface area contributed by atoms with Crippen molar-refractivity contribution in [3.8, 4) is 0 Å². The summed E-state index contributed by atoms with van der Waals surface area (Å²) in [5.41, 5.74) is 0. The molecule has 0 fully saturated rings. The van der Waals surface area contributed by atoms with E-state index in [2.05, 4.69) is 68.0 Å². The normalized spacial score (nSPS) is 12.2. The lowest BCUT2D eigenvalue weighted by atomic mass is 10.1. The molecule has 16 heavy (non-hydrogen) atoms. The zero-order valence-electron chi connectivity index (χ0n) is 9.40. The molecule has 0 aliphatic heterocycles. The van der Waals surface area contributed by atoms with Gasteiger partial charge < -0.3 is 4.74 Å². The summed E-state index contributed by atoms with van der Waals surface area (Å²) in [6.07, 6.45) is 6.35. The first-order valence-corrected chi connectivity index (χ1v) is 8.38. The number of hydrogen-bond acceptors (Lipinski definition) is 2. The van der Waals surface area contributed by atoms with Crippen molar-refractivity contribution in [3.05, 3.63) is 6.07 Å². The third-order valence-electron chi connectivity index (χ3n) is 2.05. The van der Waals surface area contributed by atoms with Crippen LogP contribution < -0.4 is 0 Å². The molecule has 0 unspecified atom stereocenters. The van der Waals surface area contributed by atoms with Gasteiger partial charge in [0.15, 0.2) is 0 Å². The number of carbonyl (C=O) groups is 1. The highest BCUT2D eigenvalue weighted by Crippen LogP contribution is 2.24. The molecule has 0 amide bonds. The molecular weight excluding hydrogens is 498 g/mol. The van der Waals surface area contributed by atoms with Crippen molar-refractivity contribution in [1.29, 1.82) is 0 Å². The van der Waals surface area contributed by atoms with Gasteiger partial charge in [0.05, 0.1) is 2.49 Å². The minimum atomic E-state index is -0.0872. The van der Waals surface area contributed by atoms with E-state index in [0.29, 0.717) is 13.0 Å². The number of ether oxygens (including phenoxy) is 1. The molecule has 94 valence electrons. The summed E-state index contributed by atoms with van der Waals surface area (Å²) >= 11 is 7.66. The Labute approximate surface area is 133 Å². The second kappa shape index (κ2) is 11.3. The van der Waals surface area contributed by atoms with Crippen molar-refractivity contribution in [3.63, 3.8) is 0 Å². The van der Waals surface area contributed by atoms with Gasteiger partial charge in [0.25, 0.3) is 0 Å². The summed E-state index contributed by atoms with van der Waals surface area (Å²) in [4.78, 5) is 11.3. The fraction of sp³-hybridized carbons (Fsp3) is 0.727. The molecule has 0 saturated heterocycles. The Kier molecular flexibility index (Phi) is 12.1. The van der Waals surface area contributed by atoms with E-state index in [-0.39, 0.29) is 5.97 Å². The number of carbonyl (C=O) groups excluding carboxylic acids is 1. The lowest BCUT2D eigenvalue weighted by molar-refractivity contribution is -0.142. The van der Waals surface area contributed by atoms with Crippen LogP contribution in [0.4, 0.5) is 0 Å². The first-order chi connectivity index (χ1) is 7.57. The van der Waals surface area contributed by atoms with E-state index in [1.807, 2.05) is 0 Å². The molecular formula is C11H17BrI2O2. The summed E-state index contributed by atoms with van der Waals surface area (Å²) in [6.45, 7) is 2.57. The largest absolute Gasteiger partial charge is 0.460 e. The van der Waals surface area contributed by atoms with Crippen molar-refractivity contribution in [2.75, 3.05) is 6.61 Å². The summed E-state index contributed by atoms with van der Waals surface area (Å²) in [6, 6.07) is 0. The van der Waals surface area contributed by atoms with Crippen LogP contribution in [-0.4, -0.2) is 12.6 Å². The minimum absolute atomic E-state index is 0.0872. The summed E-state index contributed by atoms with van der Waals surface area (Å²) < 4.78 is 7.16. The SMILES string of the molecule is CCCCCCCC(=O)OC/C(I)=C(\Br)I. The number of hydrogen-bond donors (Lipinski definition) is 0. The molecule has 0 aromatic rings. The number of halogens is 3. The van der Waals surface area contributed by atoms with Crippen LogP contribution in [0.1, 0.15) is 45.4 Å².